The van der Waals surface area contributed by atoms with Crippen LogP contribution in [0.1, 0.15) is 28.8 Å². The molecule has 3 aliphatic rings. The van der Waals surface area contributed by atoms with Crippen molar-refractivity contribution in [2.75, 3.05) is 36.4 Å². The molecule has 0 radical (unpaired) electrons. The second-order valence-electron chi connectivity index (χ2n) is 9.20. The van der Waals surface area contributed by atoms with Crippen molar-refractivity contribution in [3.05, 3.63) is 76.4 Å². The lowest BCUT2D eigenvalue weighted by Crippen LogP contribution is -2.50. The second kappa shape index (κ2) is 8.94. The summed E-state index contributed by atoms with van der Waals surface area (Å²) in [6, 6.07) is 13.1. The van der Waals surface area contributed by atoms with Crippen molar-refractivity contribution >= 4 is 40.1 Å². The van der Waals surface area contributed by atoms with Crippen molar-refractivity contribution in [2.24, 2.45) is 0 Å². The van der Waals surface area contributed by atoms with Gasteiger partial charge < -0.3 is 10.2 Å². The zero-order valence-electron chi connectivity index (χ0n) is 19.1. The summed E-state index contributed by atoms with van der Waals surface area (Å²) in [6.07, 6.45) is 3.94. The largest absolute Gasteiger partial charge is 0.366 e. The average Bonchev–Trinajstić information content (AvgIpc) is 3.55. The van der Waals surface area contributed by atoms with E-state index in [9.17, 15) is 9.59 Å². The molecule has 6 rings (SSSR count). The zero-order chi connectivity index (χ0) is 23.9. The molecule has 178 valence electrons. The number of thiophene rings is 1. The number of nitrogens with zero attached hydrogens (tertiary/aromatic N) is 2. The maximum absolute atomic E-state index is 15.1. The summed E-state index contributed by atoms with van der Waals surface area (Å²) in [5.74, 6) is -1.19. The number of carbonyl (C=O) groups excluding carboxylic acids is 2. The minimum atomic E-state index is -0.482. The van der Waals surface area contributed by atoms with E-state index < -0.39 is 11.8 Å². The fourth-order valence-electron chi connectivity index (χ4n) is 5.30. The van der Waals surface area contributed by atoms with Crippen LogP contribution in [0.15, 0.2) is 59.4 Å². The summed E-state index contributed by atoms with van der Waals surface area (Å²) in [5, 5.41) is 9.45. The quantitative estimate of drug-likeness (QED) is 0.416. The molecular formula is C27H25FN4O2S. The highest BCUT2D eigenvalue weighted by atomic mass is 32.1. The highest BCUT2D eigenvalue weighted by Crippen LogP contribution is 2.32. The maximum Gasteiger partial charge on any atom is 0.260 e. The van der Waals surface area contributed by atoms with E-state index in [0.29, 0.717) is 34.1 Å². The van der Waals surface area contributed by atoms with Crippen LogP contribution in [-0.2, 0) is 4.79 Å². The number of benzene rings is 2. The van der Waals surface area contributed by atoms with Gasteiger partial charge in [-0.15, -0.1) is 0 Å². The number of piperazine rings is 1. The van der Waals surface area contributed by atoms with Gasteiger partial charge in [-0.05, 0) is 77.7 Å². The van der Waals surface area contributed by atoms with Crippen molar-refractivity contribution in [1.29, 1.82) is 0 Å². The first-order valence-corrected chi connectivity index (χ1v) is 12.8. The molecule has 2 amide bonds. The fourth-order valence-corrected chi connectivity index (χ4v) is 5.96. The topological polar surface area (TPSA) is 64.7 Å². The first kappa shape index (κ1) is 22.0. The maximum atomic E-state index is 15.1. The van der Waals surface area contributed by atoms with Crippen LogP contribution in [0.2, 0.25) is 0 Å². The lowest BCUT2D eigenvalue weighted by molar-refractivity contribution is -0.114. The van der Waals surface area contributed by atoms with Gasteiger partial charge in [-0.1, -0.05) is 6.07 Å². The van der Waals surface area contributed by atoms with Crippen LogP contribution >= 0.6 is 11.3 Å². The molecule has 2 aromatic carbocycles. The number of hydrogen-bond donors (Lipinski definition) is 2. The predicted molar refractivity (Wildman–Crippen MR) is 137 cm³/mol. The summed E-state index contributed by atoms with van der Waals surface area (Å²) < 4.78 is 15.1. The van der Waals surface area contributed by atoms with E-state index in [0.717, 1.165) is 37.3 Å². The van der Waals surface area contributed by atoms with Crippen LogP contribution in [0.5, 0.6) is 0 Å². The fraction of sp³-hybridized carbons (Fsp3) is 0.259. The van der Waals surface area contributed by atoms with Gasteiger partial charge in [0.25, 0.3) is 11.8 Å². The summed E-state index contributed by atoms with van der Waals surface area (Å²) in [5.41, 5.74) is 4.43. The predicted octanol–water partition coefficient (Wildman–Crippen LogP) is 4.56. The van der Waals surface area contributed by atoms with Gasteiger partial charge in [0, 0.05) is 48.7 Å². The van der Waals surface area contributed by atoms with Gasteiger partial charge >= 0.3 is 0 Å². The molecule has 2 fully saturated rings. The van der Waals surface area contributed by atoms with Crippen LogP contribution < -0.4 is 15.5 Å². The standard InChI is InChI=1S/C27H25FN4O2S/c28-24-13-19(4-6-25(24)32-10-9-31-8-1-2-20(31)15-32)29-14-23-22-12-17(18-7-11-35-16-18)3-5-21(22)26(33)30-27(23)34/h3-7,11-14,16,20,29H,1-2,8-10,15H2,(H,30,33,34)/t20-/m0/s1. The van der Waals surface area contributed by atoms with Gasteiger partial charge in [0.1, 0.15) is 5.82 Å². The molecular weight excluding hydrogens is 463 g/mol. The number of fused-ring (bicyclic) bond motifs is 2. The van der Waals surface area contributed by atoms with Crippen molar-refractivity contribution < 1.29 is 14.0 Å². The molecule has 6 nitrogen and oxygen atoms in total. The molecule has 2 N–H and O–H groups in total. The second-order valence-corrected chi connectivity index (χ2v) is 9.98. The van der Waals surface area contributed by atoms with E-state index in [2.05, 4.69) is 20.4 Å². The highest BCUT2D eigenvalue weighted by molar-refractivity contribution is 7.08. The Bertz CT molecular complexity index is 1340. The molecule has 1 aromatic heterocycles. The van der Waals surface area contributed by atoms with Crippen molar-refractivity contribution in [2.45, 2.75) is 18.9 Å². The Morgan fingerprint density at radius 3 is 2.74 bits per heavy atom. The Labute approximate surface area is 207 Å². The number of halogens is 1. The van der Waals surface area contributed by atoms with Crippen molar-refractivity contribution in [3.63, 3.8) is 0 Å². The van der Waals surface area contributed by atoms with E-state index in [1.165, 1.54) is 18.9 Å². The van der Waals surface area contributed by atoms with Crippen LogP contribution in [0, 0.1) is 5.82 Å². The Hall–Kier alpha value is -3.49. The van der Waals surface area contributed by atoms with Crippen LogP contribution in [0.25, 0.3) is 16.7 Å². The van der Waals surface area contributed by atoms with E-state index in [1.807, 2.05) is 35.0 Å². The molecule has 0 spiro atoms. The first-order valence-electron chi connectivity index (χ1n) is 11.8. The minimum absolute atomic E-state index is 0.289. The van der Waals surface area contributed by atoms with Crippen molar-refractivity contribution in [1.82, 2.24) is 10.2 Å². The molecule has 3 aliphatic heterocycles. The van der Waals surface area contributed by atoms with E-state index >= 15 is 4.39 Å². The number of hydrogen-bond acceptors (Lipinski definition) is 6. The van der Waals surface area contributed by atoms with Gasteiger partial charge in [0.15, 0.2) is 0 Å². The molecule has 0 bridgehead atoms. The number of imide groups is 1. The number of rotatable bonds is 4. The number of carbonyl (C=O) groups is 2. The lowest BCUT2D eigenvalue weighted by atomic mass is 9.92. The minimum Gasteiger partial charge on any atom is -0.366 e. The van der Waals surface area contributed by atoms with Gasteiger partial charge in [-0.3, -0.25) is 19.8 Å². The van der Waals surface area contributed by atoms with E-state index in [1.54, 1.807) is 29.7 Å². The molecule has 0 saturated carbocycles. The first-order chi connectivity index (χ1) is 17.1. The van der Waals surface area contributed by atoms with Crippen LogP contribution in [0.4, 0.5) is 15.8 Å². The van der Waals surface area contributed by atoms with E-state index in [-0.39, 0.29) is 5.82 Å². The Balaban J connectivity index is 1.25. The summed E-state index contributed by atoms with van der Waals surface area (Å²) in [6.45, 7) is 3.79. The molecule has 2 saturated heterocycles. The summed E-state index contributed by atoms with van der Waals surface area (Å²) >= 11 is 1.58. The van der Waals surface area contributed by atoms with Gasteiger partial charge in [0.2, 0.25) is 0 Å². The normalized spacial score (nSPS) is 21.1. The molecule has 0 aliphatic carbocycles. The number of nitrogens with one attached hydrogen (secondary N) is 2. The Morgan fingerprint density at radius 2 is 1.91 bits per heavy atom. The Morgan fingerprint density at radius 1 is 1.00 bits per heavy atom. The Kier molecular flexibility index (Phi) is 5.62. The SMILES string of the molecule is O=C1NC(=O)c2ccc(-c3ccsc3)cc2C1=CNc1ccc(N2CCN3CCC[C@H]3C2)c(F)c1. The van der Waals surface area contributed by atoms with Crippen LogP contribution in [-0.4, -0.2) is 48.9 Å². The third-order valence-corrected chi connectivity index (χ3v) is 7.82. The molecule has 1 atom stereocenters. The lowest BCUT2D eigenvalue weighted by Gasteiger charge is -2.39. The van der Waals surface area contributed by atoms with Crippen LogP contribution in [0.3, 0.4) is 0 Å². The van der Waals surface area contributed by atoms with Gasteiger partial charge in [-0.25, -0.2) is 4.39 Å². The zero-order valence-corrected chi connectivity index (χ0v) is 19.9. The smallest absolute Gasteiger partial charge is 0.260 e. The number of anilines is 2. The summed E-state index contributed by atoms with van der Waals surface area (Å²) in [7, 11) is 0. The average molecular weight is 489 g/mol. The third-order valence-electron chi connectivity index (χ3n) is 7.14. The van der Waals surface area contributed by atoms with E-state index in [4.69, 9.17) is 0 Å². The number of amides is 2. The molecule has 3 aromatic rings. The van der Waals surface area contributed by atoms with Gasteiger partial charge in [0.05, 0.1) is 11.3 Å². The summed E-state index contributed by atoms with van der Waals surface area (Å²) in [4.78, 5) is 29.7. The third kappa shape index (κ3) is 4.13. The monoisotopic (exact) mass is 488 g/mol. The molecule has 4 heterocycles. The van der Waals surface area contributed by atoms with Crippen molar-refractivity contribution in [3.8, 4) is 11.1 Å². The molecule has 35 heavy (non-hydrogen) atoms. The molecule has 8 heteroatoms. The highest BCUT2D eigenvalue weighted by Gasteiger charge is 2.31. The molecule has 0 unspecified atom stereocenters. The van der Waals surface area contributed by atoms with Gasteiger partial charge in [-0.2, -0.15) is 11.3 Å².